The first kappa shape index (κ1) is 15.5. The normalized spacial score (nSPS) is 11.3. The average Bonchev–Trinajstić information content (AvgIpc) is 2.40. The topological polar surface area (TPSA) is 42.0 Å². The van der Waals surface area contributed by atoms with Crippen molar-refractivity contribution < 1.29 is 18.0 Å². The van der Waals surface area contributed by atoms with Crippen LogP contribution >= 0.6 is 15.9 Å². The summed E-state index contributed by atoms with van der Waals surface area (Å²) in [6.45, 7) is 1.81. The van der Waals surface area contributed by atoms with Crippen LogP contribution in [-0.4, -0.2) is 10.9 Å². The number of benzene rings is 1. The van der Waals surface area contributed by atoms with Crippen molar-refractivity contribution in [3.8, 4) is 0 Å². The third-order valence-electron chi connectivity index (χ3n) is 2.68. The molecule has 0 aliphatic carbocycles. The second kappa shape index (κ2) is 5.85. The molecule has 0 saturated carbocycles. The lowest BCUT2D eigenvalue weighted by molar-refractivity contribution is -0.137. The molecule has 3 nitrogen and oxygen atoms in total. The lowest BCUT2D eigenvalue weighted by Gasteiger charge is -2.13. The van der Waals surface area contributed by atoms with E-state index in [2.05, 4.69) is 26.2 Å². The highest BCUT2D eigenvalue weighted by molar-refractivity contribution is 9.10. The van der Waals surface area contributed by atoms with Gasteiger partial charge >= 0.3 is 6.18 Å². The Kier molecular flexibility index (Phi) is 4.32. The molecule has 110 valence electrons. The van der Waals surface area contributed by atoms with Crippen LogP contribution in [0.4, 0.5) is 19.0 Å². The highest BCUT2D eigenvalue weighted by Crippen LogP contribution is 2.34. The fourth-order valence-electron chi connectivity index (χ4n) is 1.67. The fraction of sp³-hybridized carbons (Fsp3) is 0.143. The number of nitrogens with one attached hydrogen (secondary N) is 1. The van der Waals surface area contributed by atoms with E-state index < -0.39 is 23.2 Å². The zero-order valence-corrected chi connectivity index (χ0v) is 12.4. The van der Waals surface area contributed by atoms with Crippen LogP contribution in [0.2, 0.25) is 0 Å². The maximum absolute atomic E-state index is 13.0. The molecule has 0 unspecified atom stereocenters. The maximum atomic E-state index is 13.0. The summed E-state index contributed by atoms with van der Waals surface area (Å²) in [5.74, 6) is -0.659. The number of pyridine rings is 1. The van der Waals surface area contributed by atoms with Crippen LogP contribution in [0.15, 0.2) is 41.0 Å². The van der Waals surface area contributed by atoms with E-state index in [-0.39, 0.29) is 10.3 Å². The van der Waals surface area contributed by atoms with E-state index in [1.807, 2.05) is 6.92 Å². The Morgan fingerprint density at radius 1 is 1.24 bits per heavy atom. The molecule has 1 aromatic carbocycles. The van der Waals surface area contributed by atoms with Crippen LogP contribution in [0.3, 0.4) is 0 Å². The van der Waals surface area contributed by atoms with Crippen molar-refractivity contribution in [1.82, 2.24) is 4.98 Å². The van der Waals surface area contributed by atoms with Crippen molar-refractivity contribution in [2.24, 2.45) is 0 Å². The number of hydrogen-bond donors (Lipinski definition) is 1. The third kappa shape index (κ3) is 3.81. The summed E-state index contributed by atoms with van der Waals surface area (Å²) in [7, 11) is 0. The first-order valence-corrected chi connectivity index (χ1v) is 6.67. The number of rotatable bonds is 2. The second-order valence-corrected chi connectivity index (χ2v) is 5.28. The van der Waals surface area contributed by atoms with Crippen molar-refractivity contribution in [3.63, 3.8) is 0 Å². The van der Waals surface area contributed by atoms with Crippen molar-refractivity contribution >= 4 is 27.7 Å². The first-order chi connectivity index (χ1) is 9.77. The van der Waals surface area contributed by atoms with Crippen LogP contribution < -0.4 is 5.32 Å². The largest absolute Gasteiger partial charge is 0.417 e. The molecule has 0 aliphatic rings. The smallest absolute Gasteiger partial charge is 0.307 e. The molecule has 0 radical (unpaired) electrons. The van der Waals surface area contributed by atoms with Crippen LogP contribution in [0, 0.1) is 6.92 Å². The zero-order valence-electron chi connectivity index (χ0n) is 10.8. The number of amides is 1. The second-order valence-electron chi connectivity index (χ2n) is 4.36. The van der Waals surface area contributed by atoms with Gasteiger partial charge < -0.3 is 5.32 Å². The van der Waals surface area contributed by atoms with Crippen molar-refractivity contribution in [1.29, 1.82) is 0 Å². The third-order valence-corrected chi connectivity index (χ3v) is 3.18. The summed E-state index contributed by atoms with van der Waals surface area (Å²) in [6, 6.07) is 6.61. The van der Waals surface area contributed by atoms with Gasteiger partial charge in [0.2, 0.25) is 0 Å². The van der Waals surface area contributed by atoms with Gasteiger partial charge in [-0.15, -0.1) is 0 Å². The zero-order chi connectivity index (χ0) is 15.6. The molecule has 2 rings (SSSR count). The van der Waals surface area contributed by atoms with E-state index in [4.69, 9.17) is 0 Å². The first-order valence-electron chi connectivity index (χ1n) is 5.88. The van der Waals surface area contributed by atoms with E-state index in [1.165, 1.54) is 18.3 Å². The molecule has 7 heteroatoms. The molecule has 0 atom stereocenters. The van der Waals surface area contributed by atoms with E-state index >= 15 is 0 Å². The maximum Gasteiger partial charge on any atom is 0.417 e. The lowest BCUT2D eigenvalue weighted by Crippen LogP contribution is -2.19. The Balaban J connectivity index is 2.33. The van der Waals surface area contributed by atoms with Gasteiger partial charge in [-0.3, -0.25) is 4.79 Å². The molecule has 0 aliphatic heterocycles. The Morgan fingerprint density at radius 3 is 2.52 bits per heavy atom. The summed E-state index contributed by atoms with van der Waals surface area (Å²) in [6.07, 6.45) is -3.10. The lowest BCUT2D eigenvalue weighted by atomic mass is 10.1. The summed E-state index contributed by atoms with van der Waals surface area (Å²) in [5.41, 5.74) is -0.567. The number of halogens is 4. The summed E-state index contributed by atoms with van der Waals surface area (Å²) in [4.78, 5) is 15.9. The molecule has 1 amide bonds. The van der Waals surface area contributed by atoms with E-state index in [0.29, 0.717) is 0 Å². The van der Waals surface area contributed by atoms with Crippen LogP contribution in [0.1, 0.15) is 21.5 Å². The van der Waals surface area contributed by atoms with Gasteiger partial charge in [0.25, 0.3) is 5.91 Å². The molecule has 0 fully saturated rings. The molecular formula is C14H10BrF3N2O. The van der Waals surface area contributed by atoms with Gasteiger partial charge in [0, 0.05) is 10.7 Å². The summed E-state index contributed by atoms with van der Waals surface area (Å²) in [5, 5.41) is 2.35. The molecule has 1 aromatic heterocycles. The highest BCUT2D eigenvalue weighted by atomic mass is 79.9. The van der Waals surface area contributed by atoms with E-state index in [1.54, 1.807) is 6.07 Å². The summed E-state index contributed by atoms with van der Waals surface area (Å²) < 4.78 is 39.1. The Bertz CT molecular complexity index is 669. The predicted octanol–water partition coefficient (Wildman–Crippen LogP) is 4.42. The molecule has 1 heterocycles. The number of anilines is 1. The standard InChI is InChI=1S/C14H10BrF3N2O/c1-8-2-5-12(19-7-8)20-13(21)10-4-3-9(15)6-11(10)14(16,17)18/h2-7H,1H3,(H,19,20,21). The minimum absolute atomic E-state index is 0.196. The minimum atomic E-state index is -4.61. The van der Waals surface area contributed by atoms with Gasteiger partial charge in [0.15, 0.2) is 0 Å². The van der Waals surface area contributed by atoms with Gasteiger partial charge in [-0.2, -0.15) is 13.2 Å². The fourth-order valence-corrected chi connectivity index (χ4v) is 2.04. The quantitative estimate of drug-likeness (QED) is 0.862. The number of nitrogens with zero attached hydrogens (tertiary/aromatic N) is 1. The number of aryl methyl sites for hydroxylation is 1. The van der Waals surface area contributed by atoms with Gasteiger partial charge in [0.05, 0.1) is 11.1 Å². The Labute approximate surface area is 127 Å². The van der Waals surface area contributed by atoms with E-state index in [9.17, 15) is 18.0 Å². The van der Waals surface area contributed by atoms with Crippen LogP contribution in [-0.2, 0) is 6.18 Å². The van der Waals surface area contributed by atoms with Crippen molar-refractivity contribution in [2.75, 3.05) is 5.32 Å². The Morgan fingerprint density at radius 2 is 1.95 bits per heavy atom. The van der Waals surface area contributed by atoms with Gasteiger partial charge in [-0.25, -0.2) is 4.98 Å². The molecule has 0 spiro atoms. The van der Waals surface area contributed by atoms with Gasteiger partial charge in [0.1, 0.15) is 5.82 Å². The molecule has 0 saturated heterocycles. The molecule has 21 heavy (non-hydrogen) atoms. The van der Waals surface area contributed by atoms with Crippen molar-refractivity contribution in [3.05, 3.63) is 57.7 Å². The molecule has 0 bridgehead atoms. The van der Waals surface area contributed by atoms with E-state index in [0.717, 1.165) is 17.7 Å². The van der Waals surface area contributed by atoms with Crippen molar-refractivity contribution in [2.45, 2.75) is 13.1 Å². The van der Waals surface area contributed by atoms with Crippen LogP contribution in [0.5, 0.6) is 0 Å². The number of carbonyl (C=O) groups is 1. The van der Waals surface area contributed by atoms with Crippen LogP contribution in [0.25, 0.3) is 0 Å². The number of carbonyl (C=O) groups excluding carboxylic acids is 1. The number of aromatic nitrogens is 1. The number of hydrogen-bond acceptors (Lipinski definition) is 2. The average molecular weight is 359 g/mol. The SMILES string of the molecule is Cc1ccc(NC(=O)c2ccc(Br)cc2C(F)(F)F)nc1. The van der Waals surface area contributed by atoms with Gasteiger partial charge in [-0.05, 0) is 36.8 Å². The van der Waals surface area contributed by atoms with Gasteiger partial charge in [-0.1, -0.05) is 22.0 Å². The molecular weight excluding hydrogens is 349 g/mol. The minimum Gasteiger partial charge on any atom is -0.307 e. The summed E-state index contributed by atoms with van der Waals surface area (Å²) >= 11 is 2.97. The highest BCUT2D eigenvalue weighted by Gasteiger charge is 2.35. The monoisotopic (exact) mass is 358 g/mol. The predicted molar refractivity (Wildman–Crippen MR) is 76.1 cm³/mol. The molecule has 1 N–H and O–H groups in total. The number of alkyl halides is 3. The molecule has 2 aromatic rings. The Hall–Kier alpha value is -1.89.